The highest BCUT2D eigenvalue weighted by molar-refractivity contribution is 6.01. The second-order valence-corrected chi connectivity index (χ2v) is 19.0. The van der Waals surface area contributed by atoms with Gasteiger partial charge in [-0.2, -0.15) is 0 Å². The van der Waals surface area contributed by atoms with Gasteiger partial charge in [0, 0.05) is 42.0 Å². The molecule has 2 bridgehead atoms. The Bertz CT molecular complexity index is 2300. The fourth-order valence-corrected chi connectivity index (χ4v) is 10.0. The zero-order chi connectivity index (χ0) is 40.8. The van der Waals surface area contributed by atoms with Gasteiger partial charge in [-0.15, -0.1) is 0 Å². The van der Waals surface area contributed by atoms with E-state index in [9.17, 15) is 19.8 Å². The number of benzene rings is 3. The second kappa shape index (κ2) is 13.8. The van der Waals surface area contributed by atoms with E-state index in [1.54, 1.807) is 47.6 Å². The first-order chi connectivity index (χ1) is 27.5. The van der Waals surface area contributed by atoms with E-state index < -0.39 is 40.5 Å². The highest BCUT2D eigenvalue weighted by atomic mass is 16.6. The monoisotopic (exact) mass is 789 g/mol. The van der Waals surface area contributed by atoms with Crippen molar-refractivity contribution < 1.29 is 34.0 Å². The van der Waals surface area contributed by atoms with Crippen LogP contribution in [0.25, 0.3) is 10.9 Å². The predicted octanol–water partition coefficient (Wildman–Crippen LogP) is 7.43. The summed E-state index contributed by atoms with van der Waals surface area (Å²) < 4.78 is 18.2. The van der Waals surface area contributed by atoms with Crippen LogP contribution in [0.5, 0.6) is 11.5 Å². The number of aromatic nitrogens is 1. The number of carbonyl (C=O) groups excluding carboxylic acids is 2. The van der Waals surface area contributed by atoms with E-state index in [1.165, 1.54) is 23.3 Å². The van der Waals surface area contributed by atoms with E-state index in [2.05, 4.69) is 33.4 Å². The summed E-state index contributed by atoms with van der Waals surface area (Å²) in [6, 6.07) is 19.5. The summed E-state index contributed by atoms with van der Waals surface area (Å²) in [6.45, 7) is 12.9. The number of likely N-dealkylation sites (tertiary alicyclic amines) is 1. The summed E-state index contributed by atoms with van der Waals surface area (Å²) in [6.07, 6.45) is 3.09. The van der Waals surface area contributed by atoms with Gasteiger partial charge < -0.3 is 29.4 Å². The minimum atomic E-state index is -1.09. The van der Waals surface area contributed by atoms with Gasteiger partial charge in [-0.05, 0) is 127 Å². The van der Waals surface area contributed by atoms with Gasteiger partial charge in [0.15, 0.2) is 17.6 Å². The van der Waals surface area contributed by atoms with E-state index >= 15 is 0 Å². The number of ether oxygens (including phenoxy) is 3. The molecular weight excluding hydrogens is 735 g/mol. The van der Waals surface area contributed by atoms with Gasteiger partial charge in [0.25, 0.3) is 0 Å². The molecule has 58 heavy (non-hydrogen) atoms. The number of alkyl carbamates (subject to hydrolysis) is 1. The molecule has 2 aliphatic heterocycles. The first-order valence-corrected chi connectivity index (χ1v) is 20.7. The van der Waals surface area contributed by atoms with Crippen LogP contribution < -0.4 is 10.1 Å². The van der Waals surface area contributed by atoms with E-state index in [0.29, 0.717) is 24.5 Å². The fourth-order valence-electron chi connectivity index (χ4n) is 10.0. The Balaban J connectivity index is 1.05. The molecule has 12 heteroatoms. The lowest BCUT2D eigenvalue weighted by atomic mass is 9.49. The number of amides is 2. The van der Waals surface area contributed by atoms with Crippen LogP contribution in [0.1, 0.15) is 100 Å². The molecule has 1 spiro atoms. The molecule has 0 radical (unpaired) electrons. The van der Waals surface area contributed by atoms with Crippen molar-refractivity contribution in [3.63, 3.8) is 0 Å². The fraction of sp³-hybridized carbons (Fsp3) is 0.500. The first kappa shape index (κ1) is 38.4. The van der Waals surface area contributed by atoms with Crippen LogP contribution in [-0.4, -0.2) is 85.6 Å². The van der Waals surface area contributed by atoms with Crippen LogP contribution in [0.2, 0.25) is 0 Å². The normalized spacial score (nSPS) is 24.8. The van der Waals surface area contributed by atoms with Crippen molar-refractivity contribution in [3.05, 3.63) is 94.2 Å². The maximum absolute atomic E-state index is 13.7. The molecule has 1 saturated carbocycles. The molecule has 12 nitrogen and oxygen atoms in total. The molecular formula is C46H55N5O7. The Morgan fingerprint density at radius 1 is 1.02 bits per heavy atom. The topological polar surface area (TPSA) is 149 Å². The zero-order valence-corrected chi connectivity index (χ0v) is 34.4. The smallest absolute Gasteiger partial charge is 0.417 e. The molecule has 9 rings (SSSR count). The Hall–Kier alpha value is -5.07. The standard InChI is InChI=1S/C46H55N5O7/c1-43(2,3)57-41(53)49-40(51(42(54)58-44(4,5)6)26-28-10-8-7-9-11-28)47-20-18-27-14-16-33-31(22-27)32-24-46(55)35-23-30-15-17-34(52)38-36(30)45(46,39(56-38)37(32)48-33)19-21-50(35)25-29-12-13-29/h7-11,14-17,22,29,35,39,48,52,55H,12-13,18-21,23-26H2,1-6H3,(H,47,49,53)/t35-,39+,45+,46-/m1/s1. The van der Waals surface area contributed by atoms with Gasteiger partial charge in [-0.1, -0.05) is 42.5 Å². The van der Waals surface area contributed by atoms with Crippen molar-refractivity contribution in [2.45, 2.75) is 121 Å². The van der Waals surface area contributed by atoms with Crippen molar-refractivity contribution in [1.29, 1.82) is 0 Å². The number of H-pyrrole nitrogens is 1. The summed E-state index contributed by atoms with van der Waals surface area (Å²) in [4.78, 5) is 39.3. The highest BCUT2D eigenvalue weighted by Gasteiger charge is 2.73. The summed E-state index contributed by atoms with van der Waals surface area (Å²) in [5.41, 5.74) is 3.64. The van der Waals surface area contributed by atoms with Gasteiger partial charge in [-0.3, -0.25) is 15.2 Å². The number of rotatable bonds is 7. The zero-order valence-electron chi connectivity index (χ0n) is 34.4. The molecule has 1 aromatic heterocycles. The van der Waals surface area contributed by atoms with Gasteiger partial charge in [0.05, 0.1) is 23.3 Å². The van der Waals surface area contributed by atoms with Crippen LogP contribution in [-0.2, 0) is 40.7 Å². The molecule has 306 valence electrons. The molecule has 4 N–H and O–H groups in total. The maximum atomic E-state index is 13.7. The number of fused-ring (bicyclic) bond motifs is 4. The van der Waals surface area contributed by atoms with Crippen molar-refractivity contribution in [1.82, 2.24) is 20.1 Å². The minimum Gasteiger partial charge on any atom is -0.504 e. The minimum absolute atomic E-state index is 0.0279. The number of hydrogen-bond donors (Lipinski definition) is 4. The molecule has 0 unspecified atom stereocenters. The number of nitrogens with zero attached hydrogens (tertiary/aromatic N) is 3. The van der Waals surface area contributed by atoms with Crippen LogP contribution in [0.3, 0.4) is 0 Å². The molecule has 3 aromatic carbocycles. The number of hydrogen-bond acceptors (Lipinski definition) is 9. The third-order valence-electron chi connectivity index (χ3n) is 12.6. The molecule has 3 heterocycles. The lowest BCUT2D eigenvalue weighted by Gasteiger charge is -2.62. The van der Waals surface area contributed by atoms with E-state index in [-0.39, 0.29) is 30.8 Å². The van der Waals surface area contributed by atoms with Gasteiger partial charge in [-0.25, -0.2) is 14.5 Å². The molecule has 5 aliphatic rings. The average molecular weight is 790 g/mol. The number of carbonyl (C=O) groups is 2. The number of piperidine rings is 1. The van der Waals surface area contributed by atoms with Crippen molar-refractivity contribution in [3.8, 4) is 11.5 Å². The summed E-state index contributed by atoms with van der Waals surface area (Å²) in [7, 11) is 0. The van der Waals surface area contributed by atoms with E-state index in [4.69, 9.17) is 19.2 Å². The number of aliphatic imine (C=N–C) groups is 1. The van der Waals surface area contributed by atoms with E-state index in [1.807, 2.05) is 36.4 Å². The highest BCUT2D eigenvalue weighted by Crippen LogP contribution is 2.69. The first-order valence-electron chi connectivity index (χ1n) is 20.7. The maximum Gasteiger partial charge on any atom is 0.417 e. The quantitative estimate of drug-likeness (QED) is 0.112. The Morgan fingerprint density at radius 3 is 2.50 bits per heavy atom. The van der Waals surface area contributed by atoms with Crippen molar-refractivity contribution in [2.75, 3.05) is 19.6 Å². The third kappa shape index (κ3) is 6.67. The van der Waals surface area contributed by atoms with E-state index in [0.717, 1.165) is 64.8 Å². The van der Waals surface area contributed by atoms with Crippen LogP contribution in [0.15, 0.2) is 65.7 Å². The Morgan fingerprint density at radius 2 is 1.78 bits per heavy atom. The Kier molecular flexibility index (Phi) is 9.12. The Labute approximate surface area is 339 Å². The lowest BCUT2D eigenvalue weighted by Crippen LogP contribution is -2.74. The summed E-state index contributed by atoms with van der Waals surface area (Å²) in [5.74, 6) is 1.36. The largest absolute Gasteiger partial charge is 0.504 e. The van der Waals surface area contributed by atoms with Crippen LogP contribution in [0.4, 0.5) is 9.59 Å². The molecule has 4 aromatic rings. The number of aromatic hydroxyl groups is 1. The van der Waals surface area contributed by atoms with Gasteiger partial charge in [0.2, 0.25) is 5.96 Å². The van der Waals surface area contributed by atoms with Gasteiger partial charge in [0.1, 0.15) is 11.2 Å². The van der Waals surface area contributed by atoms with Crippen LogP contribution >= 0.6 is 0 Å². The SMILES string of the molecule is CC(C)(C)OC(=O)NC(=NCCc1ccc2[nH]c3c(c2c1)C[C@@]1(O)[C@H]2Cc4ccc(O)c5c4[C@@]1(CCN2CC1CC1)[C@H]3O5)N(Cc1ccccc1)C(=O)OC(C)(C)C. The number of guanidine groups is 1. The second-order valence-electron chi connectivity index (χ2n) is 19.0. The average Bonchev–Trinajstić information content (AvgIpc) is 3.79. The number of phenolic OH excluding ortho intramolecular Hbond substituents is 1. The molecule has 3 aliphatic carbocycles. The predicted molar refractivity (Wildman–Crippen MR) is 220 cm³/mol. The molecule has 4 atom stereocenters. The summed E-state index contributed by atoms with van der Waals surface area (Å²) in [5, 5.41) is 28.2. The lowest BCUT2D eigenvalue weighted by molar-refractivity contribution is -0.173. The van der Waals surface area contributed by atoms with Gasteiger partial charge >= 0.3 is 12.2 Å². The third-order valence-corrected chi connectivity index (χ3v) is 12.6. The molecule has 2 amide bonds. The molecule has 1 saturated heterocycles. The van der Waals surface area contributed by atoms with Crippen molar-refractivity contribution in [2.24, 2.45) is 10.9 Å². The molecule has 2 fully saturated rings. The summed E-state index contributed by atoms with van der Waals surface area (Å²) >= 11 is 0. The van der Waals surface area contributed by atoms with Crippen LogP contribution in [0, 0.1) is 5.92 Å². The number of phenols is 1. The number of aromatic amines is 1. The number of nitrogens with one attached hydrogen (secondary N) is 2. The van der Waals surface area contributed by atoms with Crippen molar-refractivity contribution >= 4 is 29.0 Å². The number of aliphatic hydroxyl groups is 1.